The van der Waals surface area contributed by atoms with E-state index in [1.165, 1.54) is 32.0 Å². The molecule has 0 aliphatic rings. The first kappa shape index (κ1) is 16.4. The third kappa shape index (κ3) is 2.39. The number of rotatable bonds is 3. The second-order valence-electron chi connectivity index (χ2n) is 5.79. The molecule has 3 aromatic carbocycles. The summed E-state index contributed by atoms with van der Waals surface area (Å²) in [5.74, 6) is -2.68. The fourth-order valence-electron chi connectivity index (χ4n) is 3.05. The molecule has 126 valence electrons. The van der Waals surface area contributed by atoms with Crippen LogP contribution in [0.4, 0.5) is 0 Å². The number of hydrogen-bond acceptors (Lipinski definition) is 5. The molecule has 6 heteroatoms. The Morgan fingerprint density at radius 2 is 1.40 bits per heavy atom. The molecule has 0 saturated carbocycles. The van der Waals surface area contributed by atoms with Crippen molar-refractivity contribution in [2.75, 3.05) is 0 Å². The van der Waals surface area contributed by atoms with E-state index in [0.29, 0.717) is 0 Å². The van der Waals surface area contributed by atoms with Crippen LogP contribution in [0.25, 0.3) is 21.5 Å². The first-order valence-electron chi connectivity index (χ1n) is 7.43. The number of hydrogen-bond donors (Lipinski definition) is 3. The predicted octanol–water partition coefficient (Wildman–Crippen LogP) is 3.51. The quantitative estimate of drug-likeness (QED) is 0.383. The van der Waals surface area contributed by atoms with E-state index in [-0.39, 0.29) is 55.5 Å². The van der Waals surface area contributed by atoms with Crippen LogP contribution in [0.2, 0.25) is 0 Å². The minimum atomic E-state index is -1.26. The van der Waals surface area contributed by atoms with E-state index in [9.17, 15) is 29.7 Å². The van der Waals surface area contributed by atoms with Gasteiger partial charge in [-0.2, -0.15) is 0 Å². The van der Waals surface area contributed by atoms with Crippen molar-refractivity contribution in [1.29, 1.82) is 0 Å². The van der Waals surface area contributed by atoms with Crippen LogP contribution in [-0.2, 0) is 0 Å². The molecule has 0 bridgehead atoms. The fourth-order valence-corrected chi connectivity index (χ4v) is 3.05. The summed E-state index contributed by atoms with van der Waals surface area (Å²) in [7, 11) is 0. The minimum Gasteiger partial charge on any atom is -0.507 e. The molecule has 0 aliphatic heterocycles. The maximum Gasteiger partial charge on any atom is 0.335 e. The molecule has 0 fully saturated rings. The van der Waals surface area contributed by atoms with Gasteiger partial charge in [0.25, 0.3) is 0 Å². The summed E-state index contributed by atoms with van der Waals surface area (Å²) in [5, 5.41) is 31.0. The molecule has 0 amide bonds. The van der Waals surface area contributed by atoms with Crippen molar-refractivity contribution < 1.29 is 29.7 Å². The van der Waals surface area contributed by atoms with E-state index in [0.717, 1.165) is 6.07 Å². The first-order chi connectivity index (χ1) is 11.7. The molecule has 0 radical (unpaired) electrons. The van der Waals surface area contributed by atoms with Gasteiger partial charge in [-0.05, 0) is 26.0 Å². The molecule has 3 aromatic rings. The van der Waals surface area contributed by atoms with Crippen molar-refractivity contribution in [3.05, 3.63) is 47.0 Å². The van der Waals surface area contributed by atoms with E-state index >= 15 is 0 Å². The van der Waals surface area contributed by atoms with E-state index in [2.05, 4.69) is 0 Å². The molecule has 25 heavy (non-hydrogen) atoms. The standard InChI is InChI=1S/C19H14O6/c1-8(20)11-4-3-5-12-15(11)18(23)16-13(9(2)21)6-10(19(24)25)7-14(16)17(12)22/h3-7,22-23H,1-2H3,(H,24,25). The second kappa shape index (κ2) is 5.59. The van der Waals surface area contributed by atoms with Gasteiger partial charge in [0.1, 0.15) is 11.5 Å². The van der Waals surface area contributed by atoms with Crippen molar-refractivity contribution >= 4 is 39.1 Å². The van der Waals surface area contributed by atoms with Crippen LogP contribution in [-0.4, -0.2) is 32.9 Å². The van der Waals surface area contributed by atoms with Crippen LogP contribution in [0.15, 0.2) is 30.3 Å². The summed E-state index contributed by atoms with van der Waals surface area (Å²) in [6, 6.07) is 6.91. The molecule has 3 rings (SSSR count). The zero-order chi connectivity index (χ0) is 18.5. The van der Waals surface area contributed by atoms with E-state index < -0.39 is 11.8 Å². The van der Waals surface area contributed by atoms with Gasteiger partial charge in [0.15, 0.2) is 11.6 Å². The van der Waals surface area contributed by atoms with Crippen molar-refractivity contribution in [1.82, 2.24) is 0 Å². The van der Waals surface area contributed by atoms with E-state index in [1.54, 1.807) is 6.07 Å². The first-order valence-corrected chi connectivity index (χ1v) is 7.43. The summed E-state index contributed by atoms with van der Waals surface area (Å²) >= 11 is 0. The lowest BCUT2D eigenvalue weighted by atomic mass is 9.91. The molecular formula is C19H14O6. The fraction of sp³-hybridized carbons (Fsp3) is 0.105. The third-order valence-corrected chi connectivity index (χ3v) is 4.19. The Kier molecular flexibility index (Phi) is 3.68. The van der Waals surface area contributed by atoms with Gasteiger partial charge in [0.2, 0.25) is 0 Å². The number of carboxylic acid groups (broad SMARTS) is 1. The van der Waals surface area contributed by atoms with Gasteiger partial charge in [-0.3, -0.25) is 9.59 Å². The number of aromatic carboxylic acids is 1. The van der Waals surface area contributed by atoms with Crippen molar-refractivity contribution in [3.63, 3.8) is 0 Å². The monoisotopic (exact) mass is 338 g/mol. The maximum atomic E-state index is 12.0. The van der Waals surface area contributed by atoms with E-state index in [4.69, 9.17) is 0 Å². The number of benzene rings is 3. The highest BCUT2D eigenvalue weighted by molar-refractivity contribution is 6.22. The molecule has 0 unspecified atom stereocenters. The number of phenols is 2. The number of phenolic OH excluding ortho intramolecular Hbond substituents is 2. The highest BCUT2D eigenvalue weighted by Crippen LogP contribution is 2.44. The number of aromatic hydroxyl groups is 2. The lowest BCUT2D eigenvalue weighted by molar-refractivity contribution is 0.0696. The summed E-state index contributed by atoms with van der Waals surface area (Å²) in [6.07, 6.45) is 0. The Balaban J connectivity index is 2.66. The van der Waals surface area contributed by atoms with Gasteiger partial charge in [-0.25, -0.2) is 4.79 Å². The topological polar surface area (TPSA) is 112 Å². The Hall–Kier alpha value is -3.41. The Morgan fingerprint density at radius 3 is 1.96 bits per heavy atom. The highest BCUT2D eigenvalue weighted by atomic mass is 16.4. The van der Waals surface area contributed by atoms with Gasteiger partial charge < -0.3 is 15.3 Å². The molecule has 0 saturated heterocycles. The van der Waals surface area contributed by atoms with Gasteiger partial charge >= 0.3 is 5.97 Å². The molecule has 0 heterocycles. The number of carbonyl (C=O) groups is 3. The average molecular weight is 338 g/mol. The van der Waals surface area contributed by atoms with Crippen molar-refractivity contribution in [3.8, 4) is 11.5 Å². The van der Waals surface area contributed by atoms with Crippen LogP contribution in [0.3, 0.4) is 0 Å². The number of carboxylic acids is 1. The maximum absolute atomic E-state index is 12.0. The average Bonchev–Trinajstić information content (AvgIpc) is 2.57. The number of Topliss-reactive ketones (excluding diaryl/α,β-unsaturated/α-hetero) is 2. The lowest BCUT2D eigenvalue weighted by Crippen LogP contribution is -2.03. The Morgan fingerprint density at radius 1 is 0.800 bits per heavy atom. The summed E-state index contributed by atoms with van der Waals surface area (Å²) in [5.41, 5.74) is -0.0264. The summed E-state index contributed by atoms with van der Waals surface area (Å²) < 4.78 is 0. The van der Waals surface area contributed by atoms with E-state index in [1.807, 2.05) is 0 Å². The van der Waals surface area contributed by atoms with Crippen LogP contribution in [0, 0.1) is 0 Å². The molecule has 6 nitrogen and oxygen atoms in total. The number of carbonyl (C=O) groups excluding carboxylic acids is 2. The van der Waals surface area contributed by atoms with Crippen molar-refractivity contribution in [2.45, 2.75) is 13.8 Å². The zero-order valence-electron chi connectivity index (χ0n) is 13.5. The highest BCUT2D eigenvalue weighted by Gasteiger charge is 2.22. The van der Waals surface area contributed by atoms with Crippen LogP contribution in [0.5, 0.6) is 11.5 Å². The lowest BCUT2D eigenvalue weighted by Gasteiger charge is -2.15. The molecule has 0 spiro atoms. The van der Waals surface area contributed by atoms with Gasteiger partial charge in [0.05, 0.1) is 5.56 Å². The largest absolute Gasteiger partial charge is 0.507 e. The SMILES string of the molecule is CC(=O)c1cccc2c(O)c3cc(C(=O)O)cc(C(C)=O)c3c(O)c12. The van der Waals surface area contributed by atoms with Gasteiger partial charge in [0, 0.05) is 32.7 Å². The predicted molar refractivity (Wildman–Crippen MR) is 91.8 cm³/mol. The Bertz CT molecular complexity index is 1090. The summed E-state index contributed by atoms with van der Waals surface area (Å²) in [4.78, 5) is 35.2. The van der Waals surface area contributed by atoms with Crippen LogP contribution < -0.4 is 0 Å². The molecule has 3 N–H and O–H groups in total. The molecule has 0 aromatic heterocycles. The second-order valence-corrected chi connectivity index (χ2v) is 5.79. The number of fused-ring (bicyclic) bond motifs is 2. The smallest absolute Gasteiger partial charge is 0.335 e. The van der Waals surface area contributed by atoms with Crippen LogP contribution >= 0.6 is 0 Å². The van der Waals surface area contributed by atoms with Crippen LogP contribution in [0.1, 0.15) is 44.9 Å². The van der Waals surface area contributed by atoms with Gasteiger partial charge in [-0.15, -0.1) is 0 Å². The third-order valence-electron chi connectivity index (χ3n) is 4.19. The normalized spacial score (nSPS) is 11.0. The molecular weight excluding hydrogens is 324 g/mol. The summed E-state index contributed by atoms with van der Waals surface area (Å²) in [6.45, 7) is 2.56. The minimum absolute atomic E-state index is 0.0243. The van der Waals surface area contributed by atoms with Gasteiger partial charge in [-0.1, -0.05) is 18.2 Å². The zero-order valence-corrected chi connectivity index (χ0v) is 13.5. The van der Waals surface area contributed by atoms with Crippen molar-refractivity contribution in [2.24, 2.45) is 0 Å². The number of ketones is 2. The Labute approximate surface area is 141 Å². The molecule has 0 aliphatic carbocycles. The molecule has 0 atom stereocenters.